The van der Waals surface area contributed by atoms with Crippen LogP contribution >= 0.6 is 11.3 Å². The van der Waals surface area contributed by atoms with Crippen LogP contribution in [0, 0.1) is 11.3 Å². The van der Waals surface area contributed by atoms with Crippen LogP contribution in [0.5, 0.6) is 0 Å². The molecule has 1 fully saturated rings. The third-order valence-corrected chi connectivity index (χ3v) is 7.27. The van der Waals surface area contributed by atoms with Crippen molar-refractivity contribution in [1.82, 2.24) is 9.47 Å². The van der Waals surface area contributed by atoms with Gasteiger partial charge in [-0.15, -0.1) is 11.3 Å². The Hall–Kier alpha value is -2.95. The van der Waals surface area contributed by atoms with Crippen LogP contribution in [0.25, 0.3) is 10.9 Å². The maximum absolute atomic E-state index is 12.8. The molecule has 1 aromatic carbocycles. The van der Waals surface area contributed by atoms with Crippen LogP contribution in [0.2, 0.25) is 0 Å². The van der Waals surface area contributed by atoms with Crippen LogP contribution in [0.1, 0.15) is 34.4 Å². The molecule has 3 aromatic rings. The highest BCUT2D eigenvalue weighted by molar-refractivity contribution is 7.16. The molecule has 0 radical (unpaired) electrons. The van der Waals surface area contributed by atoms with Crippen molar-refractivity contribution in [3.63, 3.8) is 0 Å². The first-order chi connectivity index (χ1) is 15.2. The number of aliphatic imine (C=N–C) groups is 1. The molecule has 3 heterocycles. The summed E-state index contributed by atoms with van der Waals surface area (Å²) in [6.07, 6.45) is 8.20. The van der Waals surface area contributed by atoms with E-state index in [9.17, 15) is 10.1 Å². The van der Waals surface area contributed by atoms with Gasteiger partial charge >= 0.3 is 0 Å². The molecule has 7 heteroatoms. The normalized spacial score (nSPS) is 16.5. The Bertz CT molecular complexity index is 1190. The molecule has 1 aliphatic carbocycles. The highest BCUT2D eigenvalue weighted by Gasteiger charge is 2.21. The molecular weight excluding hydrogens is 408 g/mol. The van der Waals surface area contributed by atoms with Gasteiger partial charge in [-0.25, -0.2) is 4.99 Å². The van der Waals surface area contributed by atoms with Gasteiger partial charge in [0.05, 0.1) is 18.8 Å². The van der Waals surface area contributed by atoms with Crippen LogP contribution < -0.4 is 0 Å². The van der Waals surface area contributed by atoms with Gasteiger partial charge in [0, 0.05) is 46.8 Å². The van der Waals surface area contributed by atoms with Crippen molar-refractivity contribution in [3.8, 4) is 6.07 Å². The van der Waals surface area contributed by atoms with Crippen molar-refractivity contribution in [2.75, 3.05) is 26.3 Å². The Kier molecular flexibility index (Phi) is 5.58. The van der Waals surface area contributed by atoms with E-state index in [-0.39, 0.29) is 5.91 Å². The summed E-state index contributed by atoms with van der Waals surface area (Å²) in [6, 6.07) is 10.4. The van der Waals surface area contributed by atoms with Gasteiger partial charge in [0.2, 0.25) is 5.91 Å². The Morgan fingerprint density at radius 3 is 2.87 bits per heavy atom. The largest absolute Gasteiger partial charge is 0.378 e. The number of para-hydroxylation sites is 1. The first-order valence-corrected chi connectivity index (χ1v) is 11.6. The van der Waals surface area contributed by atoms with Crippen molar-refractivity contribution < 1.29 is 9.53 Å². The van der Waals surface area contributed by atoms with Crippen molar-refractivity contribution in [2.45, 2.75) is 32.2 Å². The molecule has 158 valence electrons. The number of rotatable bonds is 4. The average Bonchev–Trinajstić information content (AvgIpc) is 3.36. The second-order valence-electron chi connectivity index (χ2n) is 7.98. The minimum Gasteiger partial charge on any atom is -0.378 e. The zero-order chi connectivity index (χ0) is 21.2. The Balaban J connectivity index is 1.45. The standard InChI is InChI=1S/C24H24N4O2S/c25-13-20-19-6-2-4-8-22(19)31-24(20)26-14-17-15-28(21-7-3-1-5-18(17)21)16-23(29)27-9-11-30-12-10-27/h1,3,5,7,14-15H,2,4,6,8-12,16H2. The lowest BCUT2D eigenvalue weighted by molar-refractivity contribution is -0.135. The number of thiophene rings is 1. The summed E-state index contributed by atoms with van der Waals surface area (Å²) in [5.41, 5.74) is 3.91. The molecule has 5 rings (SSSR count). The lowest BCUT2D eigenvalue weighted by Crippen LogP contribution is -2.42. The number of hydrogen-bond donors (Lipinski definition) is 0. The molecular formula is C24H24N4O2S. The fourth-order valence-electron chi connectivity index (χ4n) is 4.45. The van der Waals surface area contributed by atoms with Gasteiger partial charge in [-0.05, 0) is 37.3 Å². The molecule has 0 N–H and O–H groups in total. The summed E-state index contributed by atoms with van der Waals surface area (Å²) in [4.78, 5) is 20.7. The molecule has 0 unspecified atom stereocenters. The fourth-order valence-corrected chi connectivity index (χ4v) is 5.64. The summed E-state index contributed by atoms with van der Waals surface area (Å²) in [5, 5.41) is 11.5. The highest BCUT2D eigenvalue weighted by atomic mass is 32.1. The Labute approximate surface area is 185 Å². The first kappa shape index (κ1) is 20.0. The molecule has 0 bridgehead atoms. The average molecular weight is 433 g/mol. The molecule has 1 amide bonds. The zero-order valence-electron chi connectivity index (χ0n) is 17.3. The van der Waals surface area contributed by atoms with E-state index in [4.69, 9.17) is 9.73 Å². The number of aromatic nitrogens is 1. The first-order valence-electron chi connectivity index (χ1n) is 10.8. The van der Waals surface area contributed by atoms with Crippen LogP contribution in [0.4, 0.5) is 5.00 Å². The third-order valence-electron chi connectivity index (χ3n) is 6.07. The third kappa shape index (κ3) is 3.89. The number of ether oxygens (including phenoxy) is 1. The van der Waals surface area contributed by atoms with Gasteiger partial charge in [-0.3, -0.25) is 4.79 Å². The summed E-state index contributed by atoms with van der Waals surface area (Å²) in [5.74, 6) is 0.102. The molecule has 1 aliphatic heterocycles. The van der Waals surface area contributed by atoms with E-state index >= 15 is 0 Å². The maximum Gasteiger partial charge on any atom is 0.242 e. The monoisotopic (exact) mass is 432 g/mol. The predicted octanol–water partition coefficient (Wildman–Crippen LogP) is 4.06. The maximum atomic E-state index is 12.8. The summed E-state index contributed by atoms with van der Waals surface area (Å²) >= 11 is 1.65. The number of hydrogen-bond acceptors (Lipinski definition) is 5. The summed E-state index contributed by atoms with van der Waals surface area (Å²) in [6.45, 7) is 2.79. The summed E-state index contributed by atoms with van der Waals surface area (Å²) in [7, 11) is 0. The number of amides is 1. The van der Waals surface area contributed by atoms with E-state index in [2.05, 4.69) is 12.1 Å². The van der Waals surface area contributed by atoms with Crippen LogP contribution in [-0.2, 0) is 28.9 Å². The molecule has 0 spiro atoms. The van der Waals surface area contributed by atoms with E-state index in [1.165, 1.54) is 16.9 Å². The fraction of sp³-hybridized carbons (Fsp3) is 0.375. The number of carbonyl (C=O) groups is 1. The number of benzene rings is 1. The van der Waals surface area contributed by atoms with E-state index in [0.29, 0.717) is 32.8 Å². The molecule has 2 aromatic heterocycles. The van der Waals surface area contributed by atoms with Crippen LogP contribution in [-0.4, -0.2) is 47.9 Å². The number of nitrogens with zero attached hydrogens (tertiary/aromatic N) is 4. The van der Waals surface area contributed by atoms with Crippen molar-refractivity contribution >= 4 is 39.4 Å². The van der Waals surface area contributed by atoms with Crippen molar-refractivity contribution in [2.24, 2.45) is 4.99 Å². The van der Waals surface area contributed by atoms with Crippen LogP contribution in [0.15, 0.2) is 35.5 Å². The molecule has 2 aliphatic rings. The minimum atomic E-state index is 0.102. The van der Waals surface area contributed by atoms with Crippen molar-refractivity contribution in [1.29, 1.82) is 5.26 Å². The number of aryl methyl sites for hydroxylation is 1. The topological polar surface area (TPSA) is 70.6 Å². The lowest BCUT2D eigenvalue weighted by atomic mass is 9.96. The number of nitriles is 1. The van der Waals surface area contributed by atoms with Gasteiger partial charge in [0.1, 0.15) is 17.6 Å². The highest BCUT2D eigenvalue weighted by Crippen LogP contribution is 2.39. The second-order valence-corrected chi connectivity index (χ2v) is 9.07. The zero-order valence-corrected chi connectivity index (χ0v) is 18.2. The number of morpholine rings is 1. The van der Waals surface area contributed by atoms with Gasteiger partial charge in [-0.2, -0.15) is 5.26 Å². The second kappa shape index (κ2) is 8.66. The number of carbonyl (C=O) groups excluding carboxylic acids is 1. The van der Waals surface area contributed by atoms with Gasteiger partial charge in [0.25, 0.3) is 0 Å². The Morgan fingerprint density at radius 2 is 2.03 bits per heavy atom. The number of fused-ring (bicyclic) bond motifs is 2. The molecule has 0 saturated carbocycles. The smallest absolute Gasteiger partial charge is 0.242 e. The molecule has 1 saturated heterocycles. The van der Waals surface area contributed by atoms with Gasteiger partial charge < -0.3 is 14.2 Å². The van der Waals surface area contributed by atoms with E-state index in [1.54, 1.807) is 11.3 Å². The Morgan fingerprint density at radius 1 is 1.23 bits per heavy atom. The van der Waals surface area contributed by atoms with Crippen LogP contribution in [0.3, 0.4) is 0 Å². The predicted molar refractivity (Wildman–Crippen MR) is 122 cm³/mol. The SMILES string of the molecule is N#Cc1c(N=Cc2cn(CC(=O)N3CCOCC3)c3ccccc23)sc2c1CCCC2. The molecule has 31 heavy (non-hydrogen) atoms. The summed E-state index contributed by atoms with van der Waals surface area (Å²) < 4.78 is 7.36. The van der Waals surface area contributed by atoms with E-state index < -0.39 is 0 Å². The van der Waals surface area contributed by atoms with E-state index in [1.807, 2.05) is 40.1 Å². The van der Waals surface area contributed by atoms with Gasteiger partial charge in [0.15, 0.2) is 0 Å². The quantitative estimate of drug-likeness (QED) is 0.584. The minimum absolute atomic E-state index is 0.102. The molecule has 0 atom stereocenters. The van der Waals surface area contributed by atoms with Gasteiger partial charge in [-0.1, -0.05) is 18.2 Å². The van der Waals surface area contributed by atoms with Crippen molar-refractivity contribution in [3.05, 3.63) is 52.0 Å². The molecule has 6 nitrogen and oxygen atoms in total. The lowest BCUT2D eigenvalue weighted by Gasteiger charge is -2.27. The van der Waals surface area contributed by atoms with E-state index in [0.717, 1.165) is 46.3 Å².